The zero-order chi connectivity index (χ0) is 16.4. The van der Waals surface area contributed by atoms with Gasteiger partial charge in [0.15, 0.2) is 0 Å². The topological polar surface area (TPSA) is 52.7 Å². The highest BCUT2D eigenvalue weighted by Gasteiger charge is 2.33. The Morgan fingerprint density at radius 1 is 1.17 bits per heavy atom. The minimum atomic E-state index is -0.133. The second kappa shape index (κ2) is 6.71. The molecule has 1 saturated heterocycles. The molecule has 5 nitrogen and oxygen atoms in total. The molecule has 0 radical (unpaired) electrons. The number of piperidine rings is 1. The lowest BCUT2D eigenvalue weighted by Gasteiger charge is -2.36. The van der Waals surface area contributed by atoms with Crippen molar-refractivity contribution in [2.24, 2.45) is 5.92 Å². The summed E-state index contributed by atoms with van der Waals surface area (Å²) in [7, 11) is 1.69. The van der Waals surface area contributed by atoms with Crippen molar-refractivity contribution in [3.8, 4) is 0 Å². The van der Waals surface area contributed by atoms with Crippen molar-refractivity contribution >= 4 is 17.5 Å². The largest absolute Gasteiger partial charge is 0.359 e. The molecule has 124 valence electrons. The maximum Gasteiger partial charge on any atom is 0.244 e. The molecule has 0 saturated carbocycles. The van der Waals surface area contributed by atoms with E-state index in [1.807, 2.05) is 30.0 Å². The predicted octanol–water partition coefficient (Wildman–Crippen LogP) is 1.42. The molecule has 23 heavy (non-hydrogen) atoms. The second-order valence-electron chi connectivity index (χ2n) is 6.47. The summed E-state index contributed by atoms with van der Waals surface area (Å²) in [6.45, 7) is 4.38. The van der Waals surface area contributed by atoms with Gasteiger partial charge in [-0.25, -0.2) is 0 Å². The van der Waals surface area contributed by atoms with Crippen molar-refractivity contribution in [2.45, 2.75) is 32.2 Å². The van der Waals surface area contributed by atoms with E-state index in [2.05, 4.69) is 16.3 Å². The van der Waals surface area contributed by atoms with Crippen LogP contribution in [0.25, 0.3) is 0 Å². The van der Waals surface area contributed by atoms with Gasteiger partial charge in [0, 0.05) is 25.2 Å². The summed E-state index contributed by atoms with van der Waals surface area (Å²) < 4.78 is 0. The molecule has 0 unspecified atom stereocenters. The average Bonchev–Trinajstić information content (AvgIpc) is 3.04. The third kappa shape index (κ3) is 3.11. The first kappa shape index (κ1) is 16.0. The van der Waals surface area contributed by atoms with Crippen LogP contribution < -0.4 is 10.2 Å². The summed E-state index contributed by atoms with van der Waals surface area (Å²) in [6, 6.07) is 8.02. The number of anilines is 1. The molecule has 1 aromatic carbocycles. The highest BCUT2D eigenvalue weighted by Crippen LogP contribution is 2.29. The number of hydrogen-bond donors (Lipinski definition) is 1. The summed E-state index contributed by atoms with van der Waals surface area (Å²) in [5.74, 6) is 0.386. The van der Waals surface area contributed by atoms with E-state index in [1.54, 1.807) is 7.05 Å². The van der Waals surface area contributed by atoms with Gasteiger partial charge < -0.3 is 10.2 Å². The molecule has 1 atom stereocenters. The first-order valence-corrected chi connectivity index (χ1v) is 8.46. The Hall–Kier alpha value is -1.88. The number of hydrogen-bond acceptors (Lipinski definition) is 3. The number of likely N-dealkylation sites (tertiary alicyclic amines) is 1. The van der Waals surface area contributed by atoms with Crippen LogP contribution in [0.5, 0.6) is 0 Å². The van der Waals surface area contributed by atoms with E-state index in [0.717, 1.165) is 44.6 Å². The number of rotatable bonds is 3. The number of nitrogens with one attached hydrogen (secondary N) is 1. The Labute approximate surface area is 137 Å². The van der Waals surface area contributed by atoms with Gasteiger partial charge in [0.25, 0.3) is 0 Å². The fraction of sp³-hybridized carbons (Fsp3) is 0.556. The van der Waals surface area contributed by atoms with Crippen molar-refractivity contribution in [1.82, 2.24) is 10.2 Å². The smallest absolute Gasteiger partial charge is 0.244 e. The Morgan fingerprint density at radius 3 is 2.57 bits per heavy atom. The number of para-hydroxylation sites is 1. The quantitative estimate of drug-likeness (QED) is 0.918. The molecule has 2 aliphatic rings. The first-order valence-electron chi connectivity index (χ1n) is 8.46. The van der Waals surface area contributed by atoms with E-state index in [4.69, 9.17) is 0 Å². The van der Waals surface area contributed by atoms with Gasteiger partial charge in [0.05, 0.1) is 6.04 Å². The number of benzene rings is 1. The van der Waals surface area contributed by atoms with Crippen molar-refractivity contribution in [1.29, 1.82) is 0 Å². The van der Waals surface area contributed by atoms with Gasteiger partial charge in [-0.05, 0) is 50.9 Å². The molecule has 3 rings (SSSR count). The lowest BCUT2D eigenvalue weighted by Crippen LogP contribution is -2.50. The third-order valence-corrected chi connectivity index (χ3v) is 5.21. The maximum atomic E-state index is 12.9. The molecule has 1 fully saturated rings. The van der Waals surface area contributed by atoms with Crippen LogP contribution in [0.4, 0.5) is 5.69 Å². The van der Waals surface area contributed by atoms with Crippen LogP contribution in [0, 0.1) is 5.92 Å². The van der Waals surface area contributed by atoms with Crippen LogP contribution in [-0.2, 0) is 16.0 Å². The number of carbonyl (C=O) groups is 2. The molecule has 0 bridgehead atoms. The minimum absolute atomic E-state index is 0.0889. The zero-order valence-electron chi connectivity index (χ0n) is 13.9. The number of amides is 2. The molecular weight excluding hydrogens is 290 g/mol. The molecule has 5 heteroatoms. The van der Waals surface area contributed by atoms with Crippen LogP contribution in [0.2, 0.25) is 0 Å². The standard InChI is InChI=1S/C18H25N3O2/c1-13(20-10-7-15(8-11-20)17(22)19-2)18(23)21-12-9-14-5-3-4-6-16(14)21/h3-6,13,15H,7-12H2,1-2H3,(H,19,22)/t13-/m0/s1. The van der Waals surface area contributed by atoms with Gasteiger partial charge in [0.2, 0.25) is 11.8 Å². The van der Waals surface area contributed by atoms with Crippen LogP contribution in [-0.4, -0.2) is 49.4 Å². The number of nitrogens with zero attached hydrogens (tertiary/aromatic N) is 2. The molecular formula is C18H25N3O2. The number of carbonyl (C=O) groups excluding carboxylic acids is 2. The zero-order valence-corrected chi connectivity index (χ0v) is 13.9. The Morgan fingerprint density at radius 2 is 1.87 bits per heavy atom. The number of fused-ring (bicyclic) bond motifs is 1. The minimum Gasteiger partial charge on any atom is -0.359 e. The average molecular weight is 315 g/mol. The molecule has 0 aliphatic carbocycles. The molecule has 2 heterocycles. The van der Waals surface area contributed by atoms with Gasteiger partial charge in [-0.15, -0.1) is 0 Å². The lowest BCUT2D eigenvalue weighted by molar-refractivity contribution is -0.127. The molecule has 1 aromatic rings. The third-order valence-electron chi connectivity index (χ3n) is 5.21. The van der Waals surface area contributed by atoms with Crippen molar-refractivity contribution in [3.63, 3.8) is 0 Å². The van der Waals surface area contributed by atoms with E-state index in [-0.39, 0.29) is 23.8 Å². The highest BCUT2D eigenvalue weighted by atomic mass is 16.2. The second-order valence-corrected chi connectivity index (χ2v) is 6.47. The van der Waals surface area contributed by atoms with E-state index in [1.165, 1.54) is 5.56 Å². The van der Waals surface area contributed by atoms with Crippen molar-refractivity contribution < 1.29 is 9.59 Å². The van der Waals surface area contributed by atoms with Gasteiger partial charge in [-0.1, -0.05) is 18.2 Å². The SMILES string of the molecule is CNC(=O)C1CCN([C@@H](C)C(=O)N2CCc3ccccc32)CC1. The maximum absolute atomic E-state index is 12.9. The Bertz CT molecular complexity index is 594. The summed E-state index contributed by atoms with van der Waals surface area (Å²) >= 11 is 0. The molecule has 0 aromatic heterocycles. The monoisotopic (exact) mass is 315 g/mol. The van der Waals surface area contributed by atoms with Gasteiger partial charge in [-0.3, -0.25) is 14.5 Å². The van der Waals surface area contributed by atoms with Crippen molar-refractivity contribution in [2.75, 3.05) is 31.6 Å². The van der Waals surface area contributed by atoms with Crippen LogP contribution >= 0.6 is 0 Å². The summed E-state index contributed by atoms with van der Waals surface area (Å²) in [4.78, 5) is 28.7. The van der Waals surface area contributed by atoms with E-state index >= 15 is 0 Å². The molecule has 2 amide bonds. The molecule has 0 spiro atoms. The Balaban J connectivity index is 1.62. The normalized spacial score (nSPS) is 20.2. The van der Waals surface area contributed by atoms with Crippen LogP contribution in [0.15, 0.2) is 24.3 Å². The van der Waals surface area contributed by atoms with Gasteiger partial charge in [0.1, 0.15) is 0 Å². The first-order chi connectivity index (χ1) is 11.1. The molecule has 1 N–H and O–H groups in total. The van der Waals surface area contributed by atoms with E-state index in [0.29, 0.717) is 0 Å². The predicted molar refractivity (Wildman–Crippen MR) is 90.3 cm³/mol. The van der Waals surface area contributed by atoms with E-state index < -0.39 is 0 Å². The van der Waals surface area contributed by atoms with Crippen LogP contribution in [0.3, 0.4) is 0 Å². The summed E-state index contributed by atoms with van der Waals surface area (Å²) in [5.41, 5.74) is 2.32. The van der Waals surface area contributed by atoms with Gasteiger partial charge >= 0.3 is 0 Å². The molecule has 2 aliphatic heterocycles. The summed E-state index contributed by atoms with van der Waals surface area (Å²) in [6.07, 6.45) is 2.59. The van der Waals surface area contributed by atoms with Gasteiger partial charge in [-0.2, -0.15) is 0 Å². The van der Waals surface area contributed by atoms with E-state index in [9.17, 15) is 9.59 Å². The van der Waals surface area contributed by atoms with Crippen LogP contribution in [0.1, 0.15) is 25.3 Å². The highest BCUT2D eigenvalue weighted by molar-refractivity contribution is 5.98. The van der Waals surface area contributed by atoms with Crippen molar-refractivity contribution in [3.05, 3.63) is 29.8 Å². The lowest BCUT2D eigenvalue weighted by atomic mass is 9.95. The fourth-order valence-corrected chi connectivity index (χ4v) is 3.70. The Kier molecular flexibility index (Phi) is 4.66. The fourth-order valence-electron chi connectivity index (χ4n) is 3.70. The summed E-state index contributed by atoms with van der Waals surface area (Å²) in [5, 5.41) is 2.72.